The van der Waals surface area contributed by atoms with Gasteiger partial charge < -0.3 is 58.4 Å². The Labute approximate surface area is 884 Å². The highest BCUT2D eigenvalue weighted by Gasteiger charge is 2.58. The standard InChI is InChI=1S/C39H52ClN3O5S.2C38H50ClN3O6S/c1-25-6-4-15-39(45,23-42-20-32-18-31(42)21-47-32)34-11-8-29(34)19-43-22-38(14-5-7-27-16-30(40)10-12-33(27)38)24-48-36-13-9-28(17-35(36)43)37(44)41-49(3,46)26(25)2;2*1-24-5-3-14-38(44,22-41-19-31-17-30(41)20-47-31)33-10-7-28(33)18-42-21-37(13-4-6-26-15-29(39)9-11-32(26)37)23-48-35-12-8-27(16-34(35)42)36(43)40-49(45,46)25(24)2/h9-10,12-13,16-17,25-26,29,31-32,34,45H,3-8,11,14-15,18-24H2,1-2H3,(H,41,44,46);2*8-9,11-12,15-16,24-25,28,30-31,33,44H,3-7,10,13-14,17-23H2,1-2H3,(H,40,43)/t25-,26+,29-,31+,32+,34+,38-,39-,49?;24-,25+,28-,30+,31+,33+,37-,38+;24-,25+,28-,30+,31+,33+,37-,38-/m000/s1. The summed E-state index contributed by atoms with van der Waals surface area (Å²) in [6.07, 6.45) is 25.3. The number of ether oxygens (including phenoxy) is 6. The molecule has 6 aromatic rings. The van der Waals surface area contributed by atoms with Crippen molar-refractivity contribution >= 4 is 105 Å². The Hall–Kier alpha value is -7.04. The molecular formula is C115H152Cl3N9O17S3. The number of fused-ring (bicyclic) bond motifs is 18. The Morgan fingerprint density at radius 3 is 0.966 bits per heavy atom. The van der Waals surface area contributed by atoms with Gasteiger partial charge in [-0.2, -0.15) is 0 Å². The number of benzene rings is 6. The first kappa shape index (κ1) is 104. The quantitative estimate of drug-likeness (QED) is 0.0844. The summed E-state index contributed by atoms with van der Waals surface area (Å²) in [7, 11) is -10.8. The highest BCUT2D eigenvalue weighted by molar-refractivity contribution is 7.99. The number of likely N-dealkylation sites (tertiary alicyclic amines) is 3. The fraction of sp³-hybridized carbons (Fsp3) is 0.652. The van der Waals surface area contributed by atoms with Gasteiger partial charge in [0.2, 0.25) is 20.0 Å². The zero-order valence-electron chi connectivity index (χ0n) is 86.4. The predicted octanol–water partition coefficient (Wildman–Crippen LogP) is 16.2. The molecule has 12 aliphatic heterocycles. The maximum atomic E-state index is 13.9. The van der Waals surface area contributed by atoms with Crippen LogP contribution in [0.25, 0.3) is 0 Å². The number of carbonyl (C=O) groups is 3. The molecule has 3 amide bonds. The largest absolute Gasteiger partial charge is 0.490 e. The molecule has 6 N–H and O–H groups in total. The fourth-order valence-corrected chi connectivity index (χ4v) is 34.8. The molecule has 147 heavy (non-hydrogen) atoms. The summed E-state index contributed by atoms with van der Waals surface area (Å²) in [5, 5.41) is 38.7. The molecule has 1 unspecified atom stereocenters. The Bertz CT molecular complexity index is 5760. The smallest absolute Gasteiger partial charge is 0.264 e. The summed E-state index contributed by atoms with van der Waals surface area (Å²) in [5.74, 6) is 5.51. The van der Waals surface area contributed by atoms with Crippen molar-refractivity contribution in [3.8, 4) is 17.2 Å². The number of morpholine rings is 3. The summed E-state index contributed by atoms with van der Waals surface area (Å²) < 4.78 is 113. The van der Waals surface area contributed by atoms with Gasteiger partial charge in [-0.05, 0) is 358 Å². The molecule has 32 heteroatoms. The van der Waals surface area contributed by atoms with Crippen LogP contribution in [-0.4, -0.2) is 262 Å². The first-order chi connectivity index (χ1) is 70.3. The van der Waals surface area contributed by atoms with Crippen LogP contribution in [0.5, 0.6) is 17.2 Å². The van der Waals surface area contributed by atoms with Crippen LogP contribution in [0, 0.1) is 53.3 Å². The molecule has 0 aromatic heterocycles. The van der Waals surface area contributed by atoms with Crippen LogP contribution in [0.3, 0.4) is 0 Å². The summed E-state index contributed by atoms with van der Waals surface area (Å²) in [4.78, 5) is 55.5. The van der Waals surface area contributed by atoms with Crippen LogP contribution in [0.1, 0.15) is 260 Å². The third-order valence-electron chi connectivity index (χ3n) is 39.6. The third kappa shape index (κ3) is 20.6. The maximum Gasteiger partial charge on any atom is 0.264 e. The van der Waals surface area contributed by atoms with E-state index in [1.807, 2.05) is 75.4 Å². The number of aryl methyl sites for hydroxylation is 3. The van der Waals surface area contributed by atoms with E-state index in [1.54, 1.807) is 32.0 Å². The normalized spacial score (nSPS) is 38.0. The van der Waals surface area contributed by atoms with Gasteiger partial charge in [0, 0.05) is 150 Å². The molecule has 0 radical (unpaired) electrons. The van der Waals surface area contributed by atoms with E-state index in [-0.39, 0.29) is 93.1 Å². The average Bonchev–Trinajstić information content (AvgIpc) is 1.67. The third-order valence-corrected chi connectivity index (χ3v) is 46.3. The summed E-state index contributed by atoms with van der Waals surface area (Å²) in [6, 6.07) is 36.1. The van der Waals surface area contributed by atoms with E-state index in [0.29, 0.717) is 137 Å². The van der Waals surface area contributed by atoms with Crippen LogP contribution < -0.4 is 43.1 Å². The molecule has 3 spiro atoms. The Morgan fingerprint density at radius 1 is 0.374 bits per heavy atom. The second-order valence-electron chi connectivity index (χ2n) is 48.7. The van der Waals surface area contributed by atoms with E-state index in [9.17, 15) is 50.7 Å². The number of sulfonamides is 2. The summed E-state index contributed by atoms with van der Waals surface area (Å²) in [6.45, 7) is 23.9. The summed E-state index contributed by atoms with van der Waals surface area (Å²) >= 11 is 19.4. The molecule has 18 aliphatic rings. The van der Waals surface area contributed by atoms with Crippen LogP contribution in [-0.2, 0) is 79.5 Å². The van der Waals surface area contributed by atoms with E-state index in [2.05, 4.69) is 92.8 Å². The fourth-order valence-electron chi connectivity index (χ4n) is 30.1. The number of aliphatic hydroxyl groups is 3. The van der Waals surface area contributed by atoms with Crippen molar-refractivity contribution in [2.24, 2.45) is 53.3 Å². The van der Waals surface area contributed by atoms with Crippen molar-refractivity contribution in [3.05, 3.63) is 174 Å². The molecule has 798 valence electrons. The molecule has 25 atom stereocenters. The molecule has 9 fully saturated rings. The van der Waals surface area contributed by atoms with Gasteiger partial charge in [-0.15, -0.1) is 0 Å². The van der Waals surface area contributed by atoms with Gasteiger partial charge in [-0.3, -0.25) is 33.8 Å². The molecule has 3 saturated carbocycles. The lowest BCUT2D eigenvalue weighted by molar-refractivity contribution is -0.116. The zero-order valence-corrected chi connectivity index (χ0v) is 91.1. The number of carbonyl (C=O) groups excluding carboxylic acids is 3. The first-order valence-electron chi connectivity index (χ1n) is 55.3. The van der Waals surface area contributed by atoms with Crippen molar-refractivity contribution in [2.75, 3.05) is 133 Å². The van der Waals surface area contributed by atoms with Gasteiger partial charge >= 0.3 is 0 Å². The molecule has 24 rings (SSSR count). The van der Waals surface area contributed by atoms with Gasteiger partial charge in [0.15, 0.2) is 0 Å². The lowest BCUT2D eigenvalue weighted by Gasteiger charge is -2.51. The van der Waals surface area contributed by atoms with Gasteiger partial charge in [0.05, 0.1) is 112 Å². The second-order valence-corrected chi connectivity index (χ2v) is 56.4. The minimum Gasteiger partial charge on any atom is -0.490 e. The van der Waals surface area contributed by atoms with Crippen molar-refractivity contribution in [3.63, 3.8) is 0 Å². The van der Waals surface area contributed by atoms with E-state index < -0.39 is 68.9 Å². The SMILES string of the molecule is C=S1(=O)NC(=O)c2ccc3c(c2)N(C[C@@H]2CC[C@H]2[C@@](O)(CN2C[C@H]4C[C@@H]2CO4)CCC[C@H](C)[C@H]1C)C[C@@]1(CCCc2cc(Cl)ccc21)CO3.C[C@@H]1[C@@H](C)CCC[C@@](O)(CN2C[C@H]3C[C@@H]2CO3)[C@@H]2CC[C@H]2CN2C[C@@]3(CCCc4cc(Cl)ccc43)COc3ccc(cc32)C(=O)NS1(=O)=O.C[C@@H]1[C@@H](C)CCC[C@](O)(CN2C[C@H]3C[C@@H]2CO3)[C@@H]2CC[C@H]2CN2C[C@@]3(CCCc4cc(Cl)ccc43)COc3ccc(cc32)C(=O)NS1(=O)=O. The minimum absolute atomic E-state index is 0.0659. The topological polar surface area (TPSA) is 308 Å². The van der Waals surface area contributed by atoms with Crippen LogP contribution in [0.4, 0.5) is 17.1 Å². The number of nitrogens with zero attached hydrogens (tertiary/aromatic N) is 6. The lowest BCUT2D eigenvalue weighted by atomic mass is 9.62. The number of hydrogen-bond acceptors (Lipinski definition) is 23. The monoisotopic (exact) mass is 2130 g/mol. The van der Waals surface area contributed by atoms with Crippen molar-refractivity contribution in [1.29, 1.82) is 0 Å². The number of anilines is 3. The highest BCUT2D eigenvalue weighted by Crippen LogP contribution is 2.57. The number of nitrogens with one attached hydrogen (secondary N) is 3. The van der Waals surface area contributed by atoms with E-state index >= 15 is 0 Å². The molecule has 6 aromatic carbocycles. The Balaban J connectivity index is 0.000000125. The number of halogens is 3. The first-order valence-corrected chi connectivity index (χ1v) is 61.3. The average molecular weight is 2140 g/mol. The number of hydrogen-bond donors (Lipinski definition) is 6. The van der Waals surface area contributed by atoms with Gasteiger partial charge in [-0.25, -0.2) is 30.5 Å². The molecule has 6 saturated heterocycles. The van der Waals surface area contributed by atoms with E-state index in [0.717, 1.165) is 245 Å². The van der Waals surface area contributed by atoms with Crippen LogP contribution in [0.2, 0.25) is 15.1 Å². The van der Waals surface area contributed by atoms with E-state index in [1.165, 1.54) is 33.4 Å². The Morgan fingerprint density at radius 2 is 0.680 bits per heavy atom. The van der Waals surface area contributed by atoms with Crippen molar-refractivity contribution in [1.82, 2.24) is 28.9 Å². The van der Waals surface area contributed by atoms with Crippen LogP contribution in [0.15, 0.2) is 109 Å². The van der Waals surface area contributed by atoms with Gasteiger partial charge in [0.25, 0.3) is 17.7 Å². The molecule has 12 heterocycles. The summed E-state index contributed by atoms with van der Waals surface area (Å²) in [5.41, 5.74) is 7.78. The molecular weight excluding hydrogens is 1980 g/mol. The highest BCUT2D eigenvalue weighted by atomic mass is 35.5. The predicted molar refractivity (Wildman–Crippen MR) is 576 cm³/mol. The lowest BCUT2D eigenvalue weighted by Crippen LogP contribution is -2.58. The maximum absolute atomic E-state index is 13.9. The number of β-amino-alcohol motifs (C(OH)–C–C–N with tert-alkyl or cyclic N) is 3. The number of amides is 3. The molecule has 6 aliphatic carbocycles. The van der Waals surface area contributed by atoms with E-state index in [4.69, 9.17) is 63.2 Å². The van der Waals surface area contributed by atoms with Gasteiger partial charge in [-0.1, -0.05) is 93.0 Å². The number of rotatable bonds is 6. The van der Waals surface area contributed by atoms with Gasteiger partial charge in [0.1, 0.15) is 17.2 Å². The molecule has 12 bridgehead atoms. The zero-order chi connectivity index (χ0) is 102. The van der Waals surface area contributed by atoms with Crippen molar-refractivity contribution < 1.29 is 79.2 Å². The Kier molecular flexibility index (Phi) is 29.1. The minimum atomic E-state index is -3.94. The van der Waals surface area contributed by atoms with Crippen LogP contribution >= 0.6 is 34.8 Å². The molecule has 26 nitrogen and oxygen atoms in total. The van der Waals surface area contributed by atoms with Crippen molar-refractivity contribution in [2.45, 2.75) is 300 Å². The second kappa shape index (κ2) is 41.0.